The Morgan fingerprint density at radius 1 is 0.927 bits per heavy atom. The van der Waals surface area contributed by atoms with Crippen LogP contribution in [0.1, 0.15) is 65.0 Å². The number of nitrogens with zero attached hydrogens (tertiary/aromatic N) is 5. The van der Waals surface area contributed by atoms with E-state index in [9.17, 15) is 14.7 Å². The smallest absolute Gasteiger partial charge is 0.326 e. The number of tetrazole rings is 1. The van der Waals surface area contributed by atoms with Crippen LogP contribution in [0.2, 0.25) is 0 Å². The molecule has 0 aliphatic heterocycles. The summed E-state index contributed by atoms with van der Waals surface area (Å²) in [5.41, 5.74) is 4.25. The fraction of sp³-hybridized carbons (Fsp3) is 0.364. The molecular formula is C33H39N5O3. The molecule has 1 unspecified atom stereocenters. The van der Waals surface area contributed by atoms with E-state index >= 15 is 0 Å². The van der Waals surface area contributed by atoms with E-state index in [0.717, 1.165) is 40.7 Å². The summed E-state index contributed by atoms with van der Waals surface area (Å²) in [7, 11) is 0. The third-order valence-corrected chi connectivity index (χ3v) is 7.46. The van der Waals surface area contributed by atoms with Crippen molar-refractivity contribution < 1.29 is 14.7 Å². The maximum Gasteiger partial charge on any atom is 0.326 e. The third-order valence-electron chi connectivity index (χ3n) is 7.46. The van der Waals surface area contributed by atoms with E-state index in [4.69, 9.17) is 5.10 Å². The molecule has 0 radical (unpaired) electrons. The molecule has 41 heavy (non-hydrogen) atoms. The van der Waals surface area contributed by atoms with Gasteiger partial charge in [0.25, 0.3) is 0 Å². The highest BCUT2D eigenvalue weighted by molar-refractivity contribution is 5.84. The predicted molar refractivity (Wildman–Crippen MR) is 160 cm³/mol. The Morgan fingerprint density at radius 2 is 1.56 bits per heavy atom. The summed E-state index contributed by atoms with van der Waals surface area (Å²) in [6, 6.07) is 25.0. The molecule has 4 aromatic rings. The molecule has 0 fully saturated rings. The van der Waals surface area contributed by atoms with Crippen LogP contribution < -0.4 is 0 Å². The van der Waals surface area contributed by atoms with Gasteiger partial charge in [-0.2, -0.15) is 4.80 Å². The summed E-state index contributed by atoms with van der Waals surface area (Å²) in [5, 5.41) is 23.5. The lowest BCUT2D eigenvalue weighted by Gasteiger charge is -2.32. The topological polar surface area (TPSA) is 101 Å². The first-order chi connectivity index (χ1) is 19.6. The molecule has 214 valence electrons. The third kappa shape index (κ3) is 6.70. The number of carbonyl (C=O) groups is 2. The minimum Gasteiger partial charge on any atom is -0.480 e. The first-order valence-corrected chi connectivity index (χ1v) is 14.2. The van der Waals surface area contributed by atoms with Gasteiger partial charge in [-0.25, -0.2) is 4.79 Å². The molecule has 1 amide bonds. The Balaban J connectivity index is 1.61. The maximum absolute atomic E-state index is 13.1. The molecule has 0 saturated heterocycles. The van der Waals surface area contributed by atoms with Crippen molar-refractivity contribution in [3.8, 4) is 22.5 Å². The van der Waals surface area contributed by atoms with Gasteiger partial charge in [0.2, 0.25) is 11.7 Å². The minimum absolute atomic E-state index is 0.130. The van der Waals surface area contributed by atoms with Gasteiger partial charge in [-0.15, -0.1) is 10.2 Å². The number of carboxylic acid groups (broad SMARTS) is 1. The number of rotatable bonds is 12. The predicted octanol–water partition coefficient (Wildman–Crippen LogP) is 6.42. The molecular weight excluding hydrogens is 514 g/mol. The van der Waals surface area contributed by atoms with Gasteiger partial charge in [-0.1, -0.05) is 106 Å². The number of aromatic nitrogens is 4. The fourth-order valence-corrected chi connectivity index (χ4v) is 5.03. The molecule has 4 rings (SSSR count). The van der Waals surface area contributed by atoms with Gasteiger partial charge in [-0.3, -0.25) is 4.79 Å². The van der Waals surface area contributed by atoms with Crippen molar-refractivity contribution in [3.63, 3.8) is 0 Å². The van der Waals surface area contributed by atoms with Crippen LogP contribution in [-0.2, 0) is 21.7 Å². The van der Waals surface area contributed by atoms with Crippen LogP contribution in [0, 0.1) is 5.92 Å². The second kappa shape index (κ2) is 12.9. The molecule has 0 aliphatic rings. The number of benzene rings is 3. The van der Waals surface area contributed by atoms with Crippen molar-refractivity contribution in [2.75, 3.05) is 0 Å². The molecule has 1 heterocycles. The molecule has 0 saturated carbocycles. The summed E-state index contributed by atoms with van der Waals surface area (Å²) in [6.07, 6.45) is 1.95. The van der Waals surface area contributed by atoms with Gasteiger partial charge in [0.15, 0.2) is 0 Å². The Hall–Kier alpha value is -4.33. The molecule has 0 bridgehead atoms. The van der Waals surface area contributed by atoms with Crippen LogP contribution in [-0.4, -0.2) is 48.1 Å². The van der Waals surface area contributed by atoms with Crippen molar-refractivity contribution in [3.05, 3.63) is 90.0 Å². The van der Waals surface area contributed by atoms with Crippen LogP contribution in [0.15, 0.2) is 78.9 Å². The fourth-order valence-electron chi connectivity index (χ4n) is 5.03. The van der Waals surface area contributed by atoms with E-state index in [1.807, 2.05) is 87.5 Å². The Labute approximate surface area is 242 Å². The summed E-state index contributed by atoms with van der Waals surface area (Å²) in [6.45, 7) is 10.1. The van der Waals surface area contributed by atoms with Gasteiger partial charge in [0.05, 0.1) is 0 Å². The average molecular weight is 554 g/mol. The van der Waals surface area contributed by atoms with Crippen molar-refractivity contribution in [1.82, 2.24) is 25.1 Å². The van der Waals surface area contributed by atoms with Gasteiger partial charge < -0.3 is 10.0 Å². The average Bonchev–Trinajstić information content (AvgIpc) is 3.47. The summed E-state index contributed by atoms with van der Waals surface area (Å²) in [5.74, 6) is -0.791. The lowest BCUT2D eigenvalue weighted by atomic mass is 9.95. The number of aliphatic carboxylic acids is 1. The van der Waals surface area contributed by atoms with Crippen molar-refractivity contribution in [2.24, 2.45) is 5.92 Å². The quantitative estimate of drug-likeness (QED) is 0.217. The van der Waals surface area contributed by atoms with Crippen LogP contribution in [0.4, 0.5) is 0 Å². The van der Waals surface area contributed by atoms with Crippen LogP contribution in [0.5, 0.6) is 0 Å². The lowest BCUT2D eigenvalue weighted by Crippen LogP contribution is -2.47. The second-order valence-electron chi connectivity index (χ2n) is 11.2. The van der Waals surface area contributed by atoms with Crippen molar-refractivity contribution in [1.29, 1.82) is 0 Å². The van der Waals surface area contributed by atoms with Gasteiger partial charge in [-0.05, 0) is 53.7 Å². The molecule has 8 nitrogen and oxygen atoms in total. The van der Waals surface area contributed by atoms with Crippen LogP contribution in [0.3, 0.4) is 0 Å². The van der Waals surface area contributed by atoms with Gasteiger partial charge in [0.1, 0.15) is 11.6 Å². The summed E-state index contributed by atoms with van der Waals surface area (Å²) < 4.78 is 0. The highest BCUT2D eigenvalue weighted by atomic mass is 16.4. The van der Waals surface area contributed by atoms with Gasteiger partial charge in [0, 0.05) is 18.5 Å². The number of carbonyl (C=O) groups excluding carboxylic acids is 1. The van der Waals surface area contributed by atoms with Gasteiger partial charge >= 0.3 is 5.97 Å². The SMILES string of the molecule is CCCCC(=O)N(Cc1ccc(-c2ccccc2-c2nnn(C(C)(C)c3ccccc3)n2)cc1)C(C(=O)O)C(C)C. The zero-order valence-corrected chi connectivity index (χ0v) is 24.5. The highest BCUT2D eigenvalue weighted by Gasteiger charge is 2.32. The van der Waals surface area contributed by atoms with Crippen LogP contribution >= 0.6 is 0 Å². The number of hydrogen-bond donors (Lipinski definition) is 1. The van der Waals surface area contributed by atoms with E-state index < -0.39 is 17.6 Å². The van der Waals surface area contributed by atoms with Crippen molar-refractivity contribution in [2.45, 2.75) is 72.0 Å². The largest absolute Gasteiger partial charge is 0.480 e. The highest BCUT2D eigenvalue weighted by Crippen LogP contribution is 2.31. The first-order valence-electron chi connectivity index (χ1n) is 14.2. The first kappa shape index (κ1) is 29.6. The molecule has 0 spiro atoms. The Morgan fingerprint density at radius 3 is 2.17 bits per heavy atom. The van der Waals surface area contributed by atoms with E-state index in [0.29, 0.717) is 12.2 Å². The zero-order chi connectivity index (χ0) is 29.6. The minimum atomic E-state index is -0.980. The van der Waals surface area contributed by atoms with Crippen LogP contribution in [0.25, 0.3) is 22.5 Å². The van der Waals surface area contributed by atoms with Crippen molar-refractivity contribution >= 4 is 11.9 Å². The zero-order valence-electron chi connectivity index (χ0n) is 24.5. The molecule has 1 atom stereocenters. The number of hydrogen-bond acceptors (Lipinski definition) is 5. The lowest BCUT2D eigenvalue weighted by molar-refractivity contribution is -0.153. The molecule has 3 aromatic carbocycles. The van der Waals surface area contributed by atoms with E-state index in [1.54, 1.807) is 4.80 Å². The number of unbranched alkanes of at least 4 members (excludes halogenated alkanes) is 1. The standard InChI is InChI=1S/C33H39N5O3/c1-6-7-17-29(39)37(30(23(2)3)32(40)41)22-24-18-20-25(21-19-24)27-15-11-12-16-28(27)31-34-36-38(35-31)33(4,5)26-13-9-8-10-14-26/h8-16,18-21,23,30H,6-7,17,22H2,1-5H3,(H,40,41). The number of carboxylic acids is 1. The summed E-state index contributed by atoms with van der Waals surface area (Å²) >= 11 is 0. The maximum atomic E-state index is 13.1. The monoisotopic (exact) mass is 553 g/mol. The molecule has 8 heteroatoms. The Kier molecular flexibility index (Phi) is 9.32. The second-order valence-corrected chi connectivity index (χ2v) is 11.2. The summed E-state index contributed by atoms with van der Waals surface area (Å²) in [4.78, 5) is 28.3. The Bertz CT molecular complexity index is 1460. The normalized spacial score (nSPS) is 12.3. The molecule has 1 N–H and O–H groups in total. The van der Waals surface area contributed by atoms with E-state index in [-0.39, 0.29) is 18.4 Å². The molecule has 1 aromatic heterocycles. The van der Waals surface area contributed by atoms with E-state index in [2.05, 4.69) is 36.3 Å². The van der Waals surface area contributed by atoms with E-state index in [1.165, 1.54) is 4.90 Å². The number of amides is 1. The molecule has 0 aliphatic carbocycles.